The Morgan fingerprint density at radius 2 is 2.30 bits per heavy atom. The van der Waals surface area contributed by atoms with Gasteiger partial charge >= 0.3 is 0 Å². The second-order valence-corrected chi connectivity index (χ2v) is 6.70. The van der Waals surface area contributed by atoms with E-state index in [0.29, 0.717) is 17.7 Å². The molecule has 2 atom stereocenters. The zero-order valence-corrected chi connectivity index (χ0v) is 12.5. The highest BCUT2D eigenvalue weighted by Gasteiger charge is 2.42. The number of nitrogens with one attached hydrogen (secondary N) is 1. The van der Waals surface area contributed by atoms with Crippen molar-refractivity contribution in [1.29, 1.82) is 0 Å². The SMILES string of the molecule is Cc1ncc(F)c(N[C@@H]2C[C@@H]3CCCN3C(C)(C)C2)n1.[HH]. The van der Waals surface area contributed by atoms with E-state index < -0.39 is 0 Å². The normalized spacial score (nSPS) is 29.2. The summed E-state index contributed by atoms with van der Waals surface area (Å²) in [4.78, 5) is 10.7. The molecule has 2 aliphatic rings. The number of nitrogens with zero attached hydrogens (tertiary/aromatic N) is 3. The molecular weight excluding hydrogens is 255 g/mol. The van der Waals surface area contributed by atoms with Crippen LogP contribution < -0.4 is 5.32 Å². The Bertz CT molecular complexity index is 508. The minimum absolute atomic E-state index is 0. The van der Waals surface area contributed by atoms with Crippen molar-refractivity contribution >= 4 is 5.82 Å². The molecule has 1 aromatic heterocycles. The van der Waals surface area contributed by atoms with Gasteiger partial charge in [0.25, 0.3) is 0 Å². The van der Waals surface area contributed by atoms with Crippen LogP contribution in [-0.4, -0.2) is 39.0 Å². The molecule has 0 radical (unpaired) electrons. The molecule has 20 heavy (non-hydrogen) atoms. The van der Waals surface area contributed by atoms with E-state index in [-0.39, 0.29) is 18.8 Å². The molecule has 4 nitrogen and oxygen atoms in total. The van der Waals surface area contributed by atoms with Crippen LogP contribution in [0.3, 0.4) is 0 Å². The molecule has 2 aliphatic heterocycles. The maximum absolute atomic E-state index is 13.8. The van der Waals surface area contributed by atoms with E-state index in [1.54, 1.807) is 6.92 Å². The second kappa shape index (κ2) is 4.95. The molecule has 2 saturated heterocycles. The Labute approximate surface area is 121 Å². The summed E-state index contributed by atoms with van der Waals surface area (Å²) in [5, 5.41) is 3.31. The Morgan fingerprint density at radius 3 is 3.10 bits per heavy atom. The van der Waals surface area contributed by atoms with Crippen molar-refractivity contribution in [1.82, 2.24) is 14.9 Å². The second-order valence-electron chi connectivity index (χ2n) is 6.70. The molecule has 112 valence electrons. The summed E-state index contributed by atoms with van der Waals surface area (Å²) >= 11 is 0. The molecule has 0 aliphatic carbocycles. The van der Waals surface area contributed by atoms with Crippen LogP contribution in [0.1, 0.15) is 46.8 Å². The highest BCUT2D eigenvalue weighted by molar-refractivity contribution is 5.36. The van der Waals surface area contributed by atoms with Gasteiger partial charge in [-0.1, -0.05) is 0 Å². The molecular formula is C15H25FN4. The Morgan fingerprint density at radius 1 is 1.50 bits per heavy atom. The van der Waals surface area contributed by atoms with Gasteiger partial charge in [0.2, 0.25) is 0 Å². The number of anilines is 1. The minimum Gasteiger partial charge on any atom is -0.365 e. The summed E-state index contributed by atoms with van der Waals surface area (Å²) in [6.45, 7) is 7.57. The fraction of sp³-hybridized carbons (Fsp3) is 0.733. The average molecular weight is 280 g/mol. The first-order valence-electron chi connectivity index (χ1n) is 7.48. The van der Waals surface area contributed by atoms with Crippen LogP contribution in [0.15, 0.2) is 6.20 Å². The quantitative estimate of drug-likeness (QED) is 0.904. The van der Waals surface area contributed by atoms with E-state index in [4.69, 9.17) is 0 Å². The predicted molar refractivity (Wildman–Crippen MR) is 79.3 cm³/mol. The number of aryl methyl sites for hydroxylation is 1. The zero-order chi connectivity index (χ0) is 14.3. The van der Waals surface area contributed by atoms with Gasteiger partial charge in [0.05, 0.1) is 6.20 Å². The lowest BCUT2D eigenvalue weighted by Crippen LogP contribution is -2.55. The molecule has 3 rings (SSSR count). The lowest BCUT2D eigenvalue weighted by Gasteiger charge is -2.47. The van der Waals surface area contributed by atoms with Gasteiger partial charge in [-0.2, -0.15) is 0 Å². The van der Waals surface area contributed by atoms with Gasteiger partial charge in [-0.05, 0) is 53.0 Å². The first kappa shape index (κ1) is 13.7. The van der Waals surface area contributed by atoms with Crippen LogP contribution in [0.2, 0.25) is 0 Å². The van der Waals surface area contributed by atoms with Crippen molar-refractivity contribution in [3.63, 3.8) is 0 Å². The first-order valence-corrected chi connectivity index (χ1v) is 7.48. The highest BCUT2D eigenvalue weighted by Crippen LogP contribution is 2.38. The molecule has 0 unspecified atom stereocenters. The van der Waals surface area contributed by atoms with Crippen molar-refractivity contribution in [2.75, 3.05) is 11.9 Å². The van der Waals surface area contributed by atoms with Gasteiger partial charge in [-0.15, -0.1) is 0 Å². The molecule has 1 aromatic rings. The maximum atomic E-state index is 13.8. The smallest absolute Gasteiger partial charge is 0.183 e. The van der Waals surface area contributed by atoms with Gasteiger partial charge in [-0.25, -0.2) is 14.4 Å². The summed E-state index contributed by atoms with van der Waals surface area (Å²) in [6, 6.07) is 0.912. The van der Waals surface area contributed by atoms with E-state index in [9.17, 15) is 4.39 Å². The Hall–Kier alpha value is -1.23. The lowest BCUT2D eigenvalue weighted by atomic mass is 9.84. The Balaban J connectivity index is 0.00000161. The summed E-state index contributed by atoms with van der Waals surface area (Å²) in [7, 11) is 0. The molecule has 0 bridgehead atoms. The van der Waals surface area contributed by atoms with E-state index in [1.807, 2.05) is 0 Å². The fourth-order valence-corrected chi connectivity index (χ4v) is 3.87. The molecule has 2 fully saturated rings. The number of hydrogen-bond donors (Lipinski definition) is 1. The molecule has 0 spiro atoms. The number of halogens is 1. The fourth-order valence-electron chi connectivity index (χ4n) is 3.87. The Kier molecular flexibility index (Phi) is 3.40. The van der Waals surface area contributed by atoms with Crippen molar-refractivity contribution in [3.8, 4) is 0 Å². The summed E-state index contributed by atoms with van der Waals surface area (Å²) in [6.07, 6.45) is 5.88. The average Bonchev–Trinajstić information content (AvgIpc) is 2.82. The standard InChI is InChI=1S/C15H23FN4.H2/c1-10-17-9-13(16)14(18-10)19-11-7-12-5-4-6-20(12)15(2,3)8-11;/h9,11-12H,4-8H2,1-3H3,(H,17,18,19);1H/t11-,12+;/m1./s1. The van der Waals surface area contributed by atoms with Crippen LogP contribution in [0, 0.1) is 12.7 Å². The number of piperidine rings is 1. The number of hydrogen-bond acceptors (Lipinski definition) is 4. The number of fused-ring (bicyclic) bond motifs is 1. The molecule has 1 N–H and O–H groups in total. The third kappa shape index (κ3) is 2.51. The van der Waals surface area contributed by atoms with E-state index in [1.165, 1.54) is 25.6 Å². The van der Waals surface area contributed by atoms with E-state index >= 15 is 0 Å². The van der Waals surface area contributed by atoms with Crippen LogP contribution in [-0.2, 0) is 0 Å². The third-order valence-electron chi connectivity index (χ3n) is 4.66. The topological polar surface area (TPSA) is 41.1 Å². The molecule has 0 saturated carbocycles. The van der Waals surface area contributed by atoms with Crippen molar-refractivity contribution in [2.45, 2.75) is 64.1 Å². The van der Waals surface area contributed by atoms with Gasteiger partial charge < -0.3 is 5.32 Å². The number of aromatic nitrogens is 2. The monoisotopic (exact) mass is 280 g/mol. The van der Waals surface area contributed by atoms with Crippen LogP contribution >= 0.6 is 0 Å². The third-order valence-corrected chi connectivity index (χ3v) is 4.66. The lowest BCUT2D eigenvalue weighted by molar-refractivity contribution is 0.0500. The van der Waals surface area contributed by atoms with Crippen molar-refractivity contribution in [2.24, 2.45) is 0 Å². The van der Waals surface area contributed by atoms with Crippen molar-refractivity contribution < 1.29 is 5.82 Å². The molecule has 0 aromatic carbocycles. The molecule has 3 heterocycles. The van der Waals surface area contributed by atoms with Crippen molar-refractivity contribution in [3.05, 3.63) is 17.8 Å². The number of rotatable bonds is 2. The highest BCUT2D eigenvalue weighted by atomic mass is 19.1. The van der Waals surface area contributed by atoms with Crippen LogP contribution in [0.25, 0.3) is 0 Å². The van der Waals surface area contributed by atoms with Crippen LogP contribution in [0.4, 0.5) is 10.2 Å². The van der Waals surface area contributed by atoms with Gasteiger partial charge in [0.1, 0.15) is 5.82 Å². The molecule has 0 amide bonds. The van der Waals surface area contributed by atoms with E-state index in [0.717, 1.165) is 12.8 Å². The van der Waals surface area contributed by atoms with Gasteiger partial charge in [0.15, 0.2) is 11.6 Å². The molecule has 5 heteroatoms. The summed E-state index contributed by atoms with van der Waals surface area (Å²) in [5.41, 5.74) is 0.176. The minimum atomic E-state index is -0.359. The zero-order valence-electron chi connectivity index (χ0n) is 12.5. The van der Waals surface area contributed by atoms with E-state index in [2.05, 4.69) is 34.0 Å². The van der Waals surface area contributed by atoms with Gasteiger partial charge in [-0.3, -0.25) is 4.90 Å². The maximum Gasteiger partial charge on any atom is 0.183 e. The van der Waals surface area contributed by atoms with Gasteiger partial charge in [0, 0.05) is 19.0 Å². The summed E-state index contributed by atoms with van der Waals surface area (Å²) < 4.78 is 13.8. The first-order chi connectivity index (χ1) is 9.45. The predicted octanol–water partition coefficient (Wildman–Crippen LogP) is 2.99. The largest absolute Gasteiger partial charge is 0.365 e. The van der Waals surface area contributed by atoms with Crippen LogP contribution in [0.5, 0.6) is 0 Å². The summed E-state index contributed by atoms with van der Waals surface area (Å²) in [5.74, 6) is 0.596.